The second-order valence-electron chi connectivity index (χ2n) is 17.7. The summed E-state index contributed by atoms with van der Waals surface area (Å²) < 4.78 is 11.0. The molecule has 1 heterocycles. The maximum Gasteiger partial charge on any atom is 0.251 e. The Hall–Kier alpha value is -1.19. The molecule has 0 aromatic rings. The Morgan fingerprint density at radius 2 is 0.967 bits per heavy atom. The molecule has 9 N–H and O–H groups in total. The summed E-state index contributed by atoms with van der Waals surface area (Å²) in [5.74, 6) is -0.948. The predicted molar refractivity (Wildman–Crippen MR) is 239 cm³/mol. The van der Waals surface area contributed by atoms with Gasteiger partial charge in [0.05, 0.1) is 31.5 Å². The van der Waals surface area contributed by atoms with Crippen LogP contribution in [0, 0.1) is 0 Å². The van der Waals surface area contributed by atoms with Gasteiger partial charge in [-0.2, -0.15) is 0 Å². The number of hydrogen-bond donors (Lipinski definition) is 9. The van der Waals surface area contributed by atoms with E-state index in [0.717, 1.165) is 38.5 Å². The lowest BCUT2D eigenvalue weighted by Crippen LogP contribution is -2.60. The Labute approximate surface area is 364 Å². The molecule has 10 atom stereocenters. The Morgan fingerprint density at radius 1 is 0.567 bits per heavy atom. The number of hydrogen-bond acceptors (Lipinski definition) is 11. The van der Waals surface area contributed by atoms with E-state index in [1.165, 1.54) is 135 Å². The summed E-state index contributed by atoms with van der Waals surface area (Å²) in [4.78, 5) is 13.1. The van der Waals surface area contributed by atoms with Crippen molar-refractivity contribution in [1.29, 1.82) is 0 Å². The SMILES string of the molecule is CCCCCC/C=C\CCCCCCCCCCCCC[C@H](O)[C@@H](O)C(=O)N[C@@H](CO[C@@H]1O[C@H](CO)[C@@H](O)[C@H](O)[C@H]1O)[C@H](O)[C@H](O)CCCCCCCCCCCCCC. The minimum absolute atomic E-state index is 0.221. The fourth-order valence-electron chi connectivity index (χ4n) is 7.99. The van der Waals surface area contributed by atoms with Crippen LogP contribution in [0.15, 0.2) is 12.2 Å². The lowest BCUT2D eigenvalue weighted by atomic mass is 9.98. The monoisotopic (exact) mass is 860 g/mol. The smallest absolute Gasteiger partial charge is 0.251 e. The van der Waals surface area contributed by atoms with Gasteiger partial charge in [0.1, 0.15) is 30.5 Å². The van der Waals surface area contributed by atoms with Gasteiger partial charge in [-0.25, -0.2) is 0 Å². The molecule has 0 bridgehead atoms. The van der Waals surface area contributed by atoms with Gasteiger partial charge in [0.25, 0.3) is 5.91 Å². The van der Waals surface area contributed by atoms with Crippen molar-refractivity contribution in [1.82, 2.24) is 5.32 Å². The first-order valence-electron chi connectivity index (χ1n) is 24.7. The summed E-state index contributed by atoms with van der Waals surface area (Å²) in [6.07, 6.45) is 25.5. The van der Waals surface area contributed by atoms with E-state index in [9.17, 15) is 45.6 Å². The van der Waals surface area contributed by atoms with E-state index in [1.54, 1.807) is 0 Å². The minimum atomic E-state index is -1.79. The molecule has 0 aromatic carbocycles. The molecule has 1 rings (SSSR count). The van der Waals surface area contributed by atoms with Crippen LogP contribution in [0.4, 0.5) is 0 Å². The van der Waals surface area contributed by atoms with Gasteiger partial charge >= 0.3 is 0 Å². The van der Waals surface area contributed by atoms with Gasteiger partial charge in [0, 0.05) is 0 Å². The van der Waals surface area contributed by atoms with Crippen LogP contribution < -0.4 is 5.32 Å². The van der Waals surface area contributed by atoms with Crippen molar-refractivity contribution in [2.75, 3.05) is 13.2 Å². The number of amides is 1. The number of ether oxygens (including phenoxy) is 2. The van der Waals surface area contributed by atoms with E-state index in [-0.39, 0.29) is 12.8 Å². The summed E-state index contributed by atoms with van der Waals surface area (Å²) >= 11 is 0. The number of unbranched alkanes of at least 4 members (excludes halogenated alkanes) is 26. The van der Waals surface area contributed by atoms with Gasteiger partial charge < -0.3 is 55.6 Å². The van der Waals surface area contributed by atoms with Gasteiger partial charge in [-0.1, -0.05) is 187 Å². The number of carbonyl (C=O) groups excluding carboxylic acids is 1. The first kappa shape index (κ1) is 56.8. The molecule has 356 valence electrons. The van der Waals surface area contributed by atoms with Crippen LogP contribution in [-0.4, -0.2) is 121 Å². The highest BCUT2D eigenvalue weighted by atomic mass is 16.7. The highest BCUT2D eigenvalue weighted by molar-refractivity contribution is 5.81. The molecule has 1 fully saturated rings. The summed E-state index contributed by atoms with van der Waals surface area (Å²) in [5, 5.41) is 86.3. The van der Waals surface area contributed by atoms with Gasteiger partial charge in [0.15, 0.2) is 12.4 Å². The maximum atomic E-state index is 13.1. The molecule has 0 radical (unpaired) electrons. The zero-order chi connectivity index (χ0) is 44.2. The van der Waals surface area contributed by atoms with E-state index in [0.29, 0.717) is 12.8 Å². The molecule has 60 heavy (non-hydrogen) atoms. The third-order valence-corrected chi connectivity index (χ3v) is 12.2. The van der Waals surface area contributed by atoms with Gasteiger partial charge in [0.2, 0.25) is 0 Å². The summed E-state index contributed by atoms with van der Waals surface area (Å²) in [6.45, 7) is 3.30. The van der Waals surface area contributed by atoms with Crippen LogP contribution in [0.25, 0.3) is 0 Å². The van der Waals surface area contributed by atoms with Crippen molar-refractivity contribution in [3.63, 3.8) is 0 Å². The fraction of sp³-hybridized carbons (Fsp3) is 0.938. The Kier molecular flexibility index (Phi) is 36.3. The van der Waals surface area contributed by atoms with Crippen molar-refractivity contribution in [2.24, 2.45) is 0 Å². The quantitative estimate of drug-likeness (QED) is 0.0218. The molecule has 0 unspecified atom stereocenters. The van der Waals surface area contributed by atoms with Crippen LogP contribution >= 0.6 is 0 Å². The molecule has 1 aliphatic heterocycles. The van der Waals surface area contributed by atoms with E-state index in [2.05, 4.69) is 31.3 Å². The van der Waals surface area contributed by atoms with Crippen molar-refractivity contribution in [3.8, 4) is 0 Å². The molecular weight excluding hydrogens is 767 g/mol. The summed E-state index contributed by atoms with van der Waals surface area (Å²) in [7, 11) is 0. The fourth-order valence-corrected chi connectivity index (χ4v) is 7.99. The second-order valence-corrected chi connectivity index (χ2v) is 17.7. The normalized spacial score (nSPS) is 22.2. The molecule has 0 spiro atoms. The van der Waals surface area contributed by atoms with Crippen molar-refractivity contribution >= 4 is 5.91 Å². The van der Waals surface area contributed by atoms with E-state index >= 15 is 0 Å². The molecule has 12 heteroatoms. The van der Waals surface area contributed by atoms with Crippen molar-refractivity contribution < 1.29 is 55.1 Å². The van der Waals surface area contributed by atoms with Crippen LogP contribution in [0.3, 0.4) is 0 Å². The van der Waals surface area contributed by atoms with E-state index in [1.807, 2.05) is 0 Å². The lowest BCUT2D eigenvalue weighted by Gasteiger charge is -2.40. The van der Waals surface area contributed by atoms with Gasteiger partial charge in [-0.15, -0.1) is 0 Å². The third kappa shape index (κ3) is 27.1. The highest BCUT2D eigenvalue weighted by Gasteiger charge is 2.44. The zero-order valence-electron chi connectivity index (χ0n) is 38.1. The largest absolute Gasteiger partial charge is 0.394 e. The standard InChI is InChI=1S/C48H93NO11/c1-3-5-7-9-11-13-15-17-18-19-20-21-22-23-25-27-29-31-33-35-40(52)43(54)47(58)49-38(37-59-48-46(57)45(56)44(55)41(36-50)60-48)42(53)39(51)34-32-30-28-26-24-16-14-12-10-8-6-4-2/h13,15,38-46,48,50-57H,3-12,14,16-37H2,1-2H3,(H,49,58)/b15-13-/t38-,39+,40-,41+,42-,43+,44+,45-,46+,48+/m0/s1. The van der Waals surface area contributed by atoms with Crippen LogP contribution in [0.2, 0.25) is 0 Å². The molecular formula is C48H93NO11. The predicted octanol–water partition coefficient (Wildman–Crippen LogP) is 7.42. The van der Waals surface area contributed by atoms with Crippen molar-refractivity contribution in [3.05, 3.63) is 12.2 Å². The minimum Gasteiger partial charge on any atom is -0.394 e. The Bertz CT molecular complexity index is 1000. The Morgan fingerprint density at radius 3 is 1.42 bits per heavy atom. The second kappa shape index (κ2) is 38.3. The number of carbonyl (C=O) groups is 1. The molecule has 12 nitrogen and oxygen atoms in total. The topological polar surface area (TPSA) is 209 Å². The Balaban J connectivity index is 2.44. The number of aliphatic hydroxyl groups is 8. The molecule has 1 amide bonds. The van der Waals surface area contributed by atoms with Crippen LogP contribution in [-0.2, 0) is 14.3 Å². The summed E-state index contributed by atoms with van der Waals surface area (Å²) in [5.41, 5.74) is 0. The van der Waals surface area contributed by atoms with Crippen molar-refractivity contribution in [2.45, 2.75) is 274 Å². The zero-order valence-corrected chi connectivity index (χ0v) is 38.1. The third-order valence-electron chi connectivity index (χ3n) is 12.2. The van der Waals surface area contributed by atoms with Crippen LogP contribution in [0.5, 0.6) is 0 Å². The van der Waals surface area contributed by atoms with E-state index in [4.69, 9.17) is 9.47 Å². The molecule has 1 saturated heterocycles. The van der Waals surface area contributed by atoms with E-state index < -0.39 is 80.3 Å². The highest BCUT2D eigenvalue weighted by Crippen LogP contribution is 2.23. The summed E-state index contributed by atoms with van der Waals surface area (Å²) in [6, 6.07) is -1.29. The van der Waals surface area contributed by atoms with Gasteiger partial charge in [-0.3, -0.25) is 4.79 Å². The first-order chi connectivity index (χ1) is 29.1. The number of rotatable bonds is 41. The average molecular weight is 860 g/mol. The first-order valence-corrected chi connectivity index (χ1v) is 24.7. The molecule has 0 aromatic heterocycles. The maximum absolute atomic E-state index is 13.1. The van der Waals surface area contributed by atoms with Gasteiger partial charge in [-0.05, 0) is 38.5 Å². The number of nitrogens with one attached hydrogen (secondary N) is 1. The van der Waals surface area contributed by atoms with Crippen LogP contribution in [0.1, 0.15) is 213 Å². The molecule has 1 aliphatic rings. The number of aliphatic hydroxyl groups excluding tert-OH is 8. The lowest BCUT2D eigenvalue weighted by molar-refractivity contribution is -0.303. The number of allylic oxidation sites excluding steroid dienone is 2. The molecule has 0 aliphatic carbocycles. The average Bonchev–Trinajstić information content (AvgIpc) is 3.25. The molecule has 0 saturated carbocycles.